The van der Waals surface area contributed by atoms with Crippen molar-refractivity contribution in [1.82, 2.24) is 0 Å². The molecule has 0 amide bonds. The first kappa shape index (κ1) is 11.6. The van der Waals surface area contributed by atoms with E-state index in [0.29, 0.717) is 0 Å². The molecule has 2 aromatic rings. The van der Waals surface area contributed by atoms with Crippen molar-refractivity contribution in [2.75, 3.05) is 6.61 Å². The molecule has 88 valence electrons. The summed E-state index contributed by atoms with van der Waals surface area (Å²) in [6.07, 6.45) is -0.775. The Kier molecular flexibility index (Phi) is 3.40. The maximum Gasteiger partial charge on any atom is 0.302 e. The van der Waals surface area contributed by atoms with E-state index in [9.17, 15) is 9.90 Å². The molecule has 2 rings (SSSR count). The van der Waals surface area contributed by atoms with Crippen LogP contribution < -0.4 is 0 Å². The lowest BCUT2D eigenvalue weighted by molar-refractivity contribution is -0.144. The third-order valence-corrected chi connectivity index (χ3v) is 2.60. The molecular weight excluding hydrogens is 216 g/mol. The van der Waals surface area contributed by atoms with Crippen molar-refractivity contribution in [2.24, 2.45) is 0 Å². The number of carbonyl (C=O) groups excluding carboxylic acids is 1. The second-order valence-corrected chi connectivity index (χ2v) is 3.92. The molecule has 1 atom stereocenters. The molecule has 0 saturated carbocycles. The maximum atomic E-state index is 10.7. The monoisotopic (exact) mass is 230 g/mol. The topological polar surface area (TPSA) is 46.5 Å². The Morgan fingerprint density at radius 2 is 1.94 bits per heavy atom. The second-order valence-electron chi connectivity index (χ2n) is 3.92. The zero-order valence-corrected chi connectivity index (χ0v) is 9.59. The number of hydrogen-bond acceptors (Lipinski definition) is 3. The minimum Gasteiger partial charge on any atom is -0.463 e. The van der Waals surface area contributed by atoms with Crippen LogP contribution in [0.4, 0.5) is 0 Å². The van der Waals surface area contributed by atoms with Gasteiger partial charge in [-0.3, -0.25) is 4.79 Å². The first-order valence-corrected chi connectivity index (χ1v) is 5.47. The maximum absolute atomic E-state index is 10.7. The van der Waals surface area contributed by atoms with Gasteiger partial charge in [0.2, 0.25) is 0 Å². The zero-order valence-electron chi connectivity index (χ0n) is 9.59. The molecule has 2 aromatic carbocycles. The van der Waals surface area contributed by atoms with Crippen LogP contribution in [0.5, 0.6) is 0 Å². The SMILES string of the molecule is CC(=O)OCC(O)c1ccc2ccccc2c1. The molecule has 0 spiro atoms. The van der Waals surface area contributed by atoms with Gasteiger partial charge in [-0.15, -0.1) is 0 Å². The van der Waals surface area contributed by atoms with Crippen LogP contribution in [-0.2, 0) is 9.53 Å². The predicted molar refractivity (Wildman–Crippen MR) is 65.5 cm³/mol. The highest BCUT2D eigenvalue weighted by atomic mass is 16.5. The van der Waals surface area contributed by atoms with E-state index in [1.165, 1.54) is 6.92 Å². The fourth-order valence-electron chi connectivity index (χ4n) is 1.71. The van der Waals surface area contributed by atoms with Gasteiger partial charge in [0.1, 0.15) is 12.7 Å². The molecule has 0 fully saturated rings. The van der Waals surface area contributed by atoms with Gasteiger partial charge in [-0.2, -0.15) is 0 Å². The largest absolute Gasteiger partial charge is 0.463 e. The number of fused-ring (bicyclic) bond motifs is 1. The summed E-state index contributed by atoms with van der Waals surface area (Å²) in [7, 11) is 0. The molecule has 0 aromatic heterocycles. The van der Waals surface area contributed by atoms with Crippen molar-refractivity contribution in [2.45, 2.75) is 13.0 Å². The van der Waals surface area contributed by atoms with Gasteiger partial charge in [-0.05, 0) is 22.4 Å². The molecule has 1 unspecified atom stereocenters. The molecule has 3 heteroatoms. The average molecular weight is 230 g/mol. The van der Waals surface area contributed by atoms with Gasteiger partial charge in [0.25, 0.3) is 0 Å². The average Bonchev–Trinajstić information content (AvgIpc) is 2.35. The highest BCUT2D eigenvalue weighted by molar-refractivity contribution is 5.83. The number of carbonyl (C=O) groups is 1. The van der Waals surface area contributed by atoms with Crippen LogP contribution in [0.2, 0.25) is 0 Å². The van der Waals surface area contributed by atoms with Gasteiger partial charge < -0.3 is 9.84 Å². The summed E-state index contributed by atoms with van der Waals surface area (Å²) in [5, 5.41) is 12.0. The highest BCUT2D eigenvalue weighted by Gasteiger charge is 2.09. The third-order valence-electron chi connectivity index (χ3n) is 2.60. The summed E-state index contributed by atoms with van der Waals surface area (Å²) in [5.74, 6) is -0.384. The normalized spacial score (nSPS) is 12.4. The Balaban J connectivity index is 2.20. The predicted octanol–water partition coefficient (Wildman–Crippen LogP) is 2.44. The van der Waals surface area contributed by atoms with Gasteiger partial charge >= 0.3 is 5.97 Å². The zero-order chi connectivity index (χ0) is 12.3. The van der Waals surface area contributed by atoms with E-state index < -0.39 is 6.10 Å². The first-order valence-electron chi connectivity index (χ1n) is 5.47. The van der Waals surface area contributed by atoms with Gasteiger partial charge in [-0.1, -0.05) is 36.4 Å². The van der Waals surface area contributed by atoms with Crippen LogP contribution in [0, 0.1) is 0 Å². The molecule has 0 aliphatic heterocycles. The molecule has 0 aliphatic carbocycles. The molecule has 0 aliphatic rings. The van der Waals surface area contributed by atoms with E-state index in [2.05, 4.69) is 0 Å². The molecule has 0 heterocycles. The van der Waals surface area contributed by atoms with Crippen molar-refractivity contribution in [1.29, 1.82) is 0 Å². The van der Waals surface area contributed by atoms with E-state index in [1.807, 2.05) is 42.5 Å². The Bertz CT molecular complexity index is 534. The van der Waals surface area contributed by atoms with Crippen LogP contribution >= 0.6 is 0 Å². The van der Waals surface area contributed by atoms with Crippen LogP contribution in [-0.4, -0.2) is 17.7 Å². The van der Waals surface area contributed by atoms with E-state index in [1.54, 1.807) is 0 Å². The Morgan fingerprint density at radius 1 is 1.24 bits per heavy atom. The summed E-state index contributed by atoms with van der Waals surface area (Å²) < 4.78 is 4.78. The minimum absolute atomic E-state index is 0.00628. The fourth-order valence-corrected chi connectivity index (χ4v) is 1.71. The van der Waals surface area contributed by atoms with E-state index in [-0.39, 0.29) is 12.6 Å². The Morgan fingerprint density at radius 3 is 2.65 bits per heavy atom. The fraction of sp³-hybridized carbons (Fsp3) is 0.214. The summed E-state index contributed by atoms with van der Waals surface area (Å²) in [6.45, 7) is 1.32. The van der Waals surface area contributed by atoms with Gasteiger partial charge in [0.15, 0.2) is 0 Å². The second kappa shape index (κ2) is 4.97. The smallest absolute Gasteiger partial charge is 0.302 e. The van der Waals surface area contributed by atoms with Crippen LogP contribution in [0.1, 0.15) is 18.6 Å². The van der Waals surface area contributed by atoms with E-state index in [0.717, 1.165) is 16.3 Å². The molecule has 3 nitrogen and oxygen atoms in total. The summed E-state index contributed by atoms with van der Waals surface area (Å²) in [5.41, 5.74) is 0.755. The molecule has 0 bridgehead atoms. The quantitative estimate of drug-likeness (QED) is 0.824. The molecule has 1 N–H and O–H groups in total. The summed E-state index contributed by atoms with van der Waals surface area (Å²) >= 11 is 0. The number of benzene rings is 2. The van der Waals surface area contributed by atoms with Crippen LogP contribution in [0.25, 0.3) is 10.8 Å². The summed E-state index contributed by atoms with van der Waals surface area (Å²) in [6, 6.07) is 13.6. The Labute approximate surface area is 99.6 Å². The number of hydrogen-bond donors (Lipinski definition) is 1. The highest BCUT2D eigenvalue weighted by Crippen LogP contribution is 2.20. The van der Waals surface area contributed by atoms with E-state index in [4.69, 9.17) is 4.74 Å². The number of ether oxygens (including phenoxy) is 1. The molecule has 17 heavy (non-hydrogen) atoms. The van der Waals surface area contributed by atoms with Crippen molar-refractivity contribution < 1.29 is 14.6 Å². The van der Waals surface area contributed by atoms with Gasteiger partial charge in [-0.25, -0.2) is 0 Å². The lowest BCUT2D eigenvalue weighted by Crippen LogP contribution is -2.10. The molecular formula is C14H14O3. The molecule has 0 radical (unpaired) electrons. The van der Waals surface area contributed by atoms with Crippen LogP contribution in [0.3, 0.4) is 0 Å². The van der Waals surface area contributed by atoms with Crippen molar-refractivity contribution >= 4 is 16.7 Å². The van der Waals surface area contributed by atoms with E-state index >= 15 is 0 Å². The first-order chi connectivity index (χ1) is 8.16. The van der Waals surface area contributed by atoms with Gasteiger partial charge in [0, 0.05) is 6.92 Å². The number of esters is 1. The number of aliphatic hydroxyl groups excluding tert-OH is 1. The summed E-state index contributed by atoms with van der Waals surface area (Å²) in [4.78, 5) is 10.7. The third kappa shape index (κ3) is 2.82. The van der Waals surface area contributed by atoms with Crippen molar-refractivity contribution in [3.05, 3.63) is 48.0 Å². The van der Waals surface area contributed by atoms with Gasteiger partial charge in [0.05, 0.1) is 0 Å². The van der Waals surface area contributed by atoms with Crippen LogP contribution in [0.15, 0.2) is 42.5 Å². The minimum atomic E-state index is -0.775. The number of rotatable bonds is 3. The molecule has 0 saturated heterocycles. The Hall–Kier alpha value is -1.87. The lowest BCUT2D eigenvalue weighted by atomic mass is 10.0. The lowest BCUT2D eigenvalue weighted by Gasteiger charge is -2.11. The van der Waals surface area contributed by atoms with Crippen molar-refractivity contribution in [3.8, 4) is 0 Å². The standard InChI is InChI=1S/C14H14O3/c1-10(15)17-9-14(16)13-7-6-11-4-2-3-5-12(11)8-13/h2-8,14,16H,9H2,1H3. The van der Waals surface area contributed by atoms with Crippen molar-refractivity contribution in [3.63, 3.8) is 0 Å². The number of aliphatic hydroxyl groups is 1.